The van der Waals surface area contributed by atoms with Gasteiger partial charge in [-0.2, -0.15) is 5.10 Å². The number of pyridine rings is 1. The first-order valence-electron chi connectivity index (χ1n) is 8.11. The molecule has 2 heterocycles. The third-order valence-corrected chi connectivity index (χ3v) is 4.07. The Morgan fingerprint density at radius 1 is 1.32 bits per heavy atom. The van der Waals surface area contributed by atoms with Crippen molar-refractivity contribution in [2.24, 2.45) is 5.73 Å². The first-order valence-corrected chi connectivity index (χ1v) is 8.11. The van der Waals surface area contributed by atoms with Crippen molar-refractivity contribution in [3.63, 3.8) is 0 Å². The van der Waals surface area contributed by atoms with E-state index in [4.69, 9.17) is 11.5 Å². The highest BCUT2D eigenvalue weighted by molar-refractivity contribution is 5.87. The number of nitrogens with one attached hydrogen (secondary N) is 1. The number of hydrogen-bond acceptors (Lipinski definition) is 5. The normalized spacial score (nSPS) is 11.0. The van der Waals surface area contributed by atoms with Crippen LogP contribution in [0.3, 0.4) is 0 Å². The lowest BCUT2D eigenvalue weighted by atomic mass is 10.1. The Kier molecular flexibility index (Phi) is 4.31. The Labute approximate surface area is 145 Å². The molecule has 130 valence electrons. The summed E-state index contributed by atoms with van der Waals surface area (Å²) in [5.41, 5.74) is 14.8. The van der Waals surface area contributed by atoms with Crippen LogP contribution in [-0.2, 0) is 13.0 Å². The largest absolute Gasteiger partial charge is 0.399 e. The molecule has 0 aliphatic heterocycles. The Morgan fingerprint density at radius 2 is 2.08 bits per heavy atom. The van der Waals surface area contributed by atoms with Crippen LogP contribution in [0.2, 0.25) is 0 Å². The Balaban J connectivity index is 2.07. The van der Waals surface area contributed by atoms with Gasteiger partial charge in [0.25, 0.3) is 0 Å². The molecule has 0 aliphatic rings. The van der Waals surface area contributed by atoms with Crippen LogP contribution in [0.15, 0.2) is 30.8 Å². The fourth-order valence-corrected chi connectivity index (χ4v) is 2.81. The van der Waals surface area contributed by atoms with Gasteiger partial charge in [0.05, 0.1) is 11.2 Å². The summed E-state index contributed by atoms with van der Waals surface area (Å²) >= 11 is 0. The Bertz CT molecular complexity index is 960. The number of halogens is 1. The van der Waals surface area contributed by atoms with Crippen LogP contribution in [-0.4, -0.2) is 14.8 Å². The van der Waals surface area contributed by atoms with Gasteiger partial charge < -0.3 is 16.8 Å². The molecular weight excluding hydrogens is 319 g/mol. The molecule has 0 bridgehead atoms. The number of anilines is 3. The third-order valence-electron chi connectivity index (χ3n) is 4.07. The molecule has 0 fully saturated rings. The lowest BCUT2D eigenvalue weighted by Crippen LogP contribution is -2.06. The van der Waals surface area contributed by atoms with Crippen molar-refractivity contribution in [3.05, 3.63) is 47.9 Å². The monoisotopic (exact) mass is 340 g/mol. The van der Waals surface area contributed by atoms with Crippen LogP contribution in [0.5, 0.6) is 0 Å². The van der Waals surface area contributed by atoms with Crippen molar-refractivity contribution >= 4 is 33.9 Å². The molecular formula is C18H21FN6. The van der Waals surface area contributed by atoms with Gasteiger partial charge in [0.2, 0.25) is 0 Å². The number of aromatic nitrogens is 3. The maximum Gasteiger partial charge on any atom is 0.166 e. The van der Waals surface area contributed by atoms with Crippen molar-refractivity contribution in [1.29, 1.82) is 0 Å². The van der Waals surface area contributed by atoms with Gasteiger partial charge in [0.1, 0.15) is 5.82 Å². The number of nitrogen functional groups attached to an aromatic ring is 1. The van der Waals surface area contributed by atoms with Crippen LogP contribution in [0, 0.1) is 5.82 Å². The molecule has 0 unspecified atom stereocenters. The highest BCUT2D eigenvalue weighted by Gasteiger charge is 2.13. The van der Waals surface area contributed by atoms with E-state index in [-0.39, 0.29) is 11.5 Å². The topological polar surface area (TPSA) is 94.8 Å². The molecule has 25 heavy (non-hydrogen) atoms. The van der Waals surface area contributed by atoms with Gasteiger partial charge in [-0.25, -0.2) is 9.37 Å². The fraction of sp³-hybridized carbons (Fsp3) is 0.222. The number of aryl methyl sites for hydroxylation is 2. The average Bonchev–Trinajstić information content (AvgIpc) is 2.95. The van der Waals surface area contributed by atoms with Gasteiger partial charge >= 0.3 is 0 Å². The van der Waals surface area contributed by atoms with Crippen molar-refractivity contribution in [3.8, 4) is 0 Å². The van der Waals surface area contributed by atoms with Gasteiger partial charge in [-0.05, 0) is 37.6 Å². The first kappa shape index (κ1) is 16.8. The van der Waals surface area contributed by atoms with Gasteiger partial charge in [-0.15, -0.1) is 0 Å². The summed E-state index contributed by atoms with van der Waals surface area (Å²) in [6.07, 6.45) is 0.833. The minimum atomic E-state index is -0.625. The summed E-state index contributed by atoms with van der Waals surface area (Å²) in [6.45, 7) is 8.60. The summed E-state index contributed by atoms with van der Waals surface area (Å²) in [5.74, 6) is -0.451. The minimum Gasteiger partial charge on any atom is -0.399 e. The second-order valence-electron chi connectivity index (χ2n) is 5.75. The number of nitrogens with two attached hydrogens (primary N) is 2. The Hall–Kier alpha value is -3.09. The quantitative estimate of drug-likeness (QED) is 0.661. The van der Waals surface area contributed by atoms with Crippen molar-refractivity contribution in [2.75, 3.05) is 11.1 Å². The summed E-state index contributed by atoms with van der Waals surface area (Å²) in [5, 5.41) is 8.84. The minimum absolute atomic E-state index is 0.193. The Morgan fingerprint density at radius 3 is 2.72 bits per heavy atom. The standard InChI is InChI=1S/C18H21FN6/c1-4-15-13-8-11(6-7-16(13)25(5-2)24-15)22-18-12(10(3)20)9-14(19)17(21)23-18/h6-9H,3-5,20H2,1-2H3,(H3,21,22,23). The van der Waals surface area contributed by atoms with E-state index in [1.54, 1.807) is 0 Å². The van der Waals surface area contributed by atoms with Gasteiger partial charge in [0, 0.05) is 28.9 Å². The first-order chi connectivity index (χ1) is 11.9. The zero-order valence-electron chi connectivity index (χ0n) is 14.3. The zero-order valence-corrected chi connectivity index (χ0v) is 14.3. The molecule has 0 radical (unpaired) electrons. The number of fused-ring (bicyclic) bond motifs is 1. The molecule has 0 spiro atoms. The van der Waals surface area contributed by atoms with Crippen LogP contribution >= 0.6 is 0 Å². The molecule has 7 heteroatoms. The molecule has 1 aromatic carbocycles. The number of hydrogen-bond donors (Lipinski definition) is 3. The molecule has 0 saturated carbocycles. The maximum absolute atomic E-state index is 13.7. The predicted molar refractivity (Wildman–Crippen MR) is 99.9 cm³/mol. The van der Waals surface area contributed by atoms with E-state index in [0.29, 0.717) is 11.4 Å². The molecule has 0 atom stereocenters. The lowest BCUT2D eigenvalue weighted by molar-refractivity contribution is 0.627. The second kappa shape index (κ2) is 6.43. The third kappa shape index (κ3) is 3.00. The lowest BCUT2D eigenvalue weighted by Gasteiger charge is -2.12. The van der Waals surface area contributed by atoms with E-state index < -0.39 is 5.82 Å². The second-order valence-corrected chi connectivity index (χ2v) is 5.75. The molecule has 0 aliphatic carbocycles. The van der Waals surface area contributed by atoms with Crippen molar-refractivity contribution < 1.29 is 4.39 Å². The SMILES string of the molecule is C=C(N)c1cc(F)c(N)nc1Nc1ccc2c(c1)c(CC)nn2CC. The average molecular weight is 340 g/mol. The van der Waals surface area contributed by atoms with Crippen LogP contribution < -0.4 is 16.8 Å². The smallest absolute Gasteiger partial charge is 0.166 e. The summed E-state index contributed by atoms with van der Waals surface area (Å²) in [4.78, 5) is 4.06. The van der Waals surface area contributed by atoms with E-state index in [1.807, 2.05) is 22.9 Å². The predicted octanol–water partition coefficient (Wildman–Crippen LogP) is 3.41. The molecule has 2 aromatic heterocycles. The number of rotatable bonds is 5. The van der Waals surface area contributed by atoms with Crippen molar-refractivity contribution in [2.45, 2.75) is 26.8 Å². The van der Waals surface area contributed by atoms with E-state index in [1.165, 1.54) is 6.07 Å². The number of benzene rings is 1. The number of nitrogens with zero attached hydrogens (tertiary/aromatic N) is 3. The van der Waals surface area contributed by atoms with Crippen molar-refractivity contribution in [1.82, 2.24) is 14.8 Å². The molecule has 6 nitrogen and oxygen atoms in total. The summed E-state index contributed by atoms with van der Waals surface area (Å²) in [7, 11) is 0. The van der Waals surface area contributed by atoms with Crippen LogP contribution in [0.4, 0.5) is 21.7 Å². The van der Waals surface area contributed by atoms with E-state index in [9.17, 15) is 4.39 Å². The highest BCUT2D eigenvalue weighted by Crippen LogP contribution is 2.28. The molecule has 0 amide bonds. The fourth-order valence-electron chi connectivity index (χ4n) is 2.81. The van der Waals surface area contributed by atoms with Gasteiger partial charge in [0.15, 0.2) is 11.6 Å². The van der Waals surface area contributed by atoms with Crippen LogP contribution in [0.25, 0.3) is 16.6 Å². The van der Waals surface area contributed by atoms with Gasteiger partial charge in [-0.3, -0.25) is 4.68 Å². The maximum atomic E-state index is 13.7. The zero-order chi connectivity index (χ0) is 18.1. The van der Waals surface area contributed by atoms with E-state index in [2.05, 4.69) is 35.8 Å². The highest BCUT2D eigenvalue weighted by atomic mass is 19.1. The molecule has 0 saturated heterocycles. The molecule has 5 N–H and O–H groups in total. The van der Waals surface area contributed by atoms with E-state index >= 15 is 0 Å². The van der Waals surface area contributed by atoms with Gasteiger partial charge in [-0.1, -0.05) is 13.5 Å². The molecule has 3 aromatic rings. The summed E-state index contributed by atoms with van der Waals surface area (Å²) < 4.78 is 15.7. The van der Waals surface area contributed by atoms with E-state index in [0.717, 1.165) is 35.2 Å². The summed E-state index contributed by atoms with van der Waals surface area (Å²) in [6, 6.07) is 7.15. The molecule has 3 rings (SSSR count). The van der Waals surface area contributed by atoms with Crippen LogP contribution in [0.1, 0.15) is 25.1 Å².